The molecule has 0 saturated heterocycles. The van der Waals surface area contributed by atoms with Crippen LogP contribution in [0.1, 0.15) is 23.6 Å². The Balaban J connectivity index is 1.63. The lowest BCUT2D eigenvalue weighted by Gasteiger charge is -2.26. The molecule has 3 rings (SSSR count). The zero-order valence-electron chi connectivity index (χ0n) is 19.6. The first kappa shape index (κ1) is 26.4. The monoisotopic (exact) mass is 496 g/mol. The molecule has 0 atom stereocenters. The van der Waals surface area contributed by atoms with E-state index in [1.54, 1.807) is 18.2 Å². The third-order valence-electron chi connectivity index (χ3n) is 5.48. The molecular formula is C27H27F3N4O2. The van der Waals surface area contributed by atoms with Gasteiger partial charge in [-0.05, 0) is 59.5 Å². The van der Waals surface area contributed by atoms with E-state index in [-0.39, 0.29) is 12.1 Å². The number of rotatable bonds is 8. The SMILES string of the molecule is C/C=C(\C=C/NO)C1=CCN(/C(=C\N)c2ccc(CC(=O)Nc3cccc(C(F)(F)F)c3)cc2)C=C1. The van der Waals surface area contributed by atoms with Crippen LogP contribution in [0, 0.1) is 0 Å². The number of hydrogen-bond donors (Lipinski definition) is 4. The van der Waals surface area contributed by atoms with Crippen molar-refractivity contribution in [2.24, 2.45) is 5.73 Å². The summed E-state index contributed by atoms with van der Waals surface area (Å²) in [6.07, 6.45) is 8.05. The van der Waals surface area contributed by atoms with Crippen molar-refractivity contribution in [3.8, 4) is 0 Å². The second kappa shape index (κ2) is 11.9. The molecule has 0 bridgehead atoms. The standard InChI is InChI=1S/C27H27F3N4O2/c1-2-20(10-13-32-36)21-11-14-34(15-12-21)25(18-31)22-8-6-19(7-9-22)16-26(35)33-24-5-3-4-23(17-24)27(28,29)30/h2-14,17-18,32,36H,15-16,31H2,1H3,(H,33,35)/b13-10-,20-2+,25-18-. The maximum absolute atomic E-state index is 12.9. The van der Waals surface area contributed by atoms with Gasteiger partial charge in [-0.15, -0.1) is 0 Å². The average molecular weight is 497 g/mol. The molecule has 6 nitrogen and oxygen atoms in total. The first-order valence-corrected chi connectivity index (χ1v) is 11.1. The number of nitrogens with two attached hydrogens (primary N) is 1. The van der Waals surface area contributed by atoms with E-state index in [4.69, 9.17) is 10.9 Å². The predicted molar refractivity (Wildman–Crippen MR) is 134 cm³/mol. The van der Waals surface area contributed by atoms with Gasteiger partial charge in [0.2, 0.25) is 5.91 Å². The lowest BCUT2D eigenvalue weighted by atomic mass is 10.0. The number of anilines is 1. The Morgan fingerprint density at radius 1 is 1.19 bits per heavy atom. The van der Waals surface area contributed by atoms with Gasteiger partial charge in [0.25, 0.3) is 0 Å². The van der Waals surface area contributed by atoms with Gasteiger partial charge in [-0.25, -0.2) is 0 Å². The molecule has 0 aromatic heterocycles. The highest BCUT2D eigenvalue weighted by Crippen LogP contribution is 2.30. The van der Waals surface area contributed by atoms with E-state index in [9.17, 15) is 18.0 Å². The highest BCUT2D eigenvalue weighted by atomic mass is 19.4. The van der Waals surface area contributed by atoms with E-state index in [1.165, 1.54) is 24.5 Å². The first-order valence-electron chi connectivity index (χ1n) is 11.1. The molecule has 0 fully saturated rings. The topological polar surface area (TPSA) is 90.6 Å². The highest BCUT2D eigenvalue weighted by molar-refractivity contribution is 5.92. The Labute approximate surface area is 207 Å². The fourth-order valence-electron chi connectivity index (χ4n) is 3.69. The van der Waals surface area contributed by atoms with Crippen LogP contribution >= 0.6 is 0 Å². The smallest absolute Gasteiger partial charge is 0.403 e. The Hall–Kier alpha value is -4.24. The number of halogens is 3. The van der Waals surface area contributed by atoms with Gasteiger partial charge >= 0.3 is 6.18 Å². The molecule has 1 aliphatic rings. The summed E-state index contributed by atoms with van der Waals surface area (Å²) in [7, 11) is 0. The van der Waals surface area contributed by atoms with Gasteiger partial charge in [0.1, 0.15) is 0 Å². The zero-order chi connectivity index (χ0) is 26.1. The minimum atomic E-state index is -4.48. The Bertz CT molecular complexity index is 1230. The van der Waals surface area contributed by atoms with Gasteiger partial charge in [-0.2, -0.15) is 13.2 Å². The van der Waals surface area contributed by atoms with E-state index >= 15 is 0 Å². The second-order valence-corrected chi connectivity index (χ2v) is 7.89. The van der Waals surface area contributed by atoms with E-state index < -0.39 is 17.6 Å². The van der Waals surface area contributed by atoms with Gasteiger partial charge in [0.05, 0.1) is 17.7 Å². The number of alkyl halides is 3. The molecule has 0 saturated carbocycles. The molecule has 0 radical (unpaired) electrons. The second-order valence-electron chi connectivity index (χ2n) is 7.89. The summed E-state index contributed by atoms with van der Waals surface area (Å²) >= 11 is 0. The lowest BCUT2D eigenvalue weighted by molar-refractivity contribution is -0.137. The molecule has 1 heterocycles. The maximum atomic E-state index is 12.9. The number of carbonyl (C=O) groups excluding carboxylic acids is 1. The van der Waals surface area contributed by atoms with Crippen molar-refractivity contribution < 1.29 is 23.2 Å². The summed E-state index contributed by atoms with van der Waals surface area (Å²) in [4.78, 5) is 14.3. The number of carbonyl (C=O) groups is 1. The van der Waals surface area contributed by atoms with E-state index in [2.05, 4.69) is 5.32 Å². The summed E-state index contributed by atoms with van der Waals surface area (Å²) in [5.74, 6) is -0.418. The number of nitrogens with zero attached hydrogens (tertiary/aromatic N) is 1. The van der Waals surface area contributed by atoms with Crippen LogP contribution in [0.25, 0.3) is 5.70 Å². The van der Waals surface area contributed by atoms with Crippen LogP contribution in [0.4, 0.5) is 18.9 Å². The maximum Gasteiger partial charge on any atom is 0.416 e. The van der Waals surface area contributed by atoms with Crippen molar-refractivity contribution in [1.29, 1.82) is 0 Å². The zero-order valence-corrected chi connectivity index (χ0v) is 19.6. The van der Waals surface area contributed by atoms with Crippen molar-refractivity contribution in [3.05, 3.63) is 119 Å². The molecule has 5 N–H and O–H groups in total. The predicted octanol–water partition coefficient (Wildman–Crippen LogP) is 5.34. The largest absolute Gasteiger partial charge is 0.416 e. The molecule has 1 amide bonds. The number of allylic oxidation sites excluding steroid dienone is 5. The number of nitrogens with one attached hydrogen (secondary N) is 2. The van der Waals surface area contributed by atoms with E-state index in [1.807, 2.05) is 53.9 Å². The van der Waals surface area contributed by atoms with Crippen molar-refractivity contribution >= 4 is 17.3 Å². The number of benzene rings is 2. The molecule has 0 spiro atoms. The molecule has 188 valence electrons. The van der Waals surface area contributed by atoms with Crippen LogP contribution in [0.15, 0.2) is 103 Å². The van der Waals surface area contributed by atoms with Gasteiger partial charge in [0.15, 0.2) is 0 Å². The summed E-state index contributed by atoms with van der Waals surface area (Å²) in [5, 5.41) is 11.3. The average Bonchev–Trinajstić information content (AvgIpc) is 2.86. The summed E-state index contributed by atoms with van der Waals surface area (Å²) in [6.45, 7) is 2.48. The van der Waals surface area contributed by atoms with E-state index in [0.717, 1.165) is 34.5 Å². The Morgan fingerprint density at radius 2 is 1.94 bits per heavy atom. The van der Waals surface area contributed by atoms with Gasteiger partial charge < -0.3 is 16.0 Å². The van der Waals surface area contributed by atoms with Crippen LogP contribution in [0.3, 0.4) is 0 Å². The molecular weight excluding hydrogens is 469 g/mol. The molecule has 2 aromatic rings. The lowest BCUT2D eigenvalue weighted by Crippen LogP contribution is -2.20. The highest BCUT2D eigenvalue weighted by Gasteiger charge is 2.30. The fraction of sp³-hybridized carbons (Fsp3) is 0.148. The van der Waals surface area contributed by atoms with Crippen LogP contribution in [-0.2, 0) is 17.4 Å². The van der Waals surface area contributed by atoms with Crippen molar-refractivity contribution in [2.75, 3.05) is 11.9 Å². The molecule has 2 aromatic carbocycles. The summed E-state index contributed by atoms with van der Waals surface area (Å²) in [6, 6.07) is 11.8. The van der Waals surface area contributed by atoms with Gasteiger partial charge in [-0.3, -0.25) is 15.5 Å². The van der Waals surface area contributed by atoms with E-state index in [0.29, 0.717) is 12.1 Å². The Morgan fingerprint density at radius 3 is 2.53 bits per heavy atom. The third-order valence-corrected chi connectivity index (χ3v) is 5.48. The first-order chi connectivity index (χ1) is 17.2. The molecule has 0 aliphatic carbocycles. The van der Waals surface area contributed by atoms with Gasteiger partial charge in [-0.1, -0.05) is 42.5 Å². The molecule has 36 heavy (non-hydrogen) atoms. The van der Waals surface area contributed by atoms with Crippen molar-refractivity contribution in [1.82, 2.24) is 10.4 Å². The van der Waals surface area contributed by atoms with Crippen molar-refractivity contribution in [2.45, 2.75) is 19.5 Å². The molecule has 9 heteroatoms. The van der Waals surface area contributed by atoms with Crippen LogP contribution in [0.2, 0.25) is 0 Å². The Kier molecular flexibility index (Phi) is 8.75. The molecule has 0 unspecified atom stereocenters. The normalized spacial score (nSPS) is 14.7. The van der Waals surface area contributed by atoms with Crippen LogP contribution in [0.5, 0.6) is 0 Å². The molecule has 1 aliphatic heterocycles. The number of amides is 1. The van der Waals surface area contributed by atoms with Crippen LogP contribution in [-0.4, -0.2) is 22.6 Å². The summed E-state index contributed by atoms with van der Waals surface area (Å²) in [5.41, 5.74) is 11.4. The minimum absolute atomic E-state index is 0.0102. The number of hydroxylamine groups is 1. The van der Waals surface area contributed by atoms with Crippen molar-refractivity contribution in [3.63, 3.8) is 0 Å². The number of hydrogen-bond acceptors (Lipinski definition) is 5. The summed E-state index contributed by atoms with van der Waals surface area (Å²) < 4.78 is 38.6. The van der Waals surface area contributed by atoms with Gasteiger partial charge in [0, 0.05) is 30.8 Å². The van der Waals surface area contributed by atoms with Crippen LogP contribution < -0.4 is 16.5 Å². The third kappa shape index (κ3) is 6.89. The fourth-order valence-corrected chi connectivity index (χ4v) is 3.69. The minimum Gasteiger partial charge on any atom is -0.403 e. The quantitative estimate of drug-likeness (QED) is 0.293.